The fourth-order valence-corrected chi connectivity index (χ4v) is 6.86. The molecule has 10 nitrogen and oxygen atoms in total. The lowest BCUT2D eigenvalue weighted by atomic mass is 10.0. The van der Waals surface area contributed by atoms with E-state index in [0.29, 0.717) is 31.7 Å². The first-order valence-electron chi connectivity index (χ1n) is 17.6. The number of aliphatic hydroxyl groups is 3. The van der Waals surface area contributed by atoms with Crippen LogP contribution in [0.2, 0.25) is 0 Å². The number of nitrogens with zero attached hydrogens (tertiary/aromatic N) is 1. The molecule has 3 amide bonds. The third kappa shape index (κ3) is 27.2. The first kappa shape index (κ1) is 47.4. The van der Waals surface area contributed by atoms with Crippen LogP contribution in [-0.2, 0) is 14.4 Å². The number of rotatable bonds is 29. The van der Waals surface area contributed by atoms with Gasteiger partial charge in [-0.25, -0.2) is 0 Å². The molecule has 50 heavy (non-hydrogen) atoms. The maximum Gasteiger partial charge on any atom is 0.244 e. The summed E-state index contributed by atoms with van der Waals surface area (Å²) in [6.07, 6.45) is 31.5. The van der Waals surface area contributed by atoms with Gasteiger partial charge < -0.3 is 36.2 Å². The Morgan fingerprint density at radius 2 is 1.26 bits per heavy atom. The smallest absolute Gasteiger partial charge is 0.244 e. The standard InChI is InChI=1S/C38H64N4O6S2/c1-6-7-8-9-10-11-12-13-14-15-16-17-18-19-20-21-22-23-24-25-34(46)39-26-27-49-50-38(2,3)36(37(48)40-32(30-43)31-44)41-35(47)28-33(45)29-42(4)5/h7-8,10-11,13-14,16-17,19-20,22-23,32-33,36,43-45H,6,9,12,15,18,21,24-31H2,1-5H3,(H,39,46)(H,40,48)(H,41,47)/b8-7-,11-10-,14-13-,17-16-,20-19-,23-22-/t33?,36-/m1/s1. The highest BCUT2D eigenvalue weighted by Crippen LogP contribution is 2.38. The van der Waals surface area contributed by atoms with Crippen LogP contribution in [0.5, 0.6) is 0 Å². The predicted octanol–water partition coefficient (Wildman–Crippen LogP) is 5.01. The molecule has 0 aliphatic rings. The van der Waals surface area contributed by atoms with Crippen LogP contribution in [-0.4, -0.2) is 107 Å². The topological polar surface area (TPSA) is 151 Å². The van der Waals surface area contributed by atoms with E-state index in [1.807, 2.05) is 19.9 Å². The Morgan fingerprint density at radius 3 is 1.74 bits per heavy atom. The van der Waals surface area contributed by atoms with Gasteiger partial charge in [-0.05, 0) is 72.9 Å². The molecule has 6 N–H and O–H groups in total. The molecule has 284 valence electrons. The van der Waals surface area contributed by atoms with E-state index >= 15 is 0 Å². The molecule has 0 aliphatic carbocycles. The minimum atomic E-state index is -1.00. The van der Waals surface area contributed by atoms with Gasteiger partial charge in [0.2, 0.25) is 17.7 Å². The molecule has 0 aromatic rings. The summed E-state index contributed by atoms with van der Waals surface area (Å²) < 4.78 is -0.799. The predicted molar refractivity (Wildman–Crippen MR) is 212 cm³/mol. The first-order chi connectivity index (χ1) is 24.0. The van der Waals surface area contributed by atoms with Crippen molar-refractivity contribution in [1.29, 1.82) is 0 Å². The summed E-state index contributed by atoms with van der Waals surface area (Å²) in [6.45, 7) is 5.60. The maximum atomic E-state index is 13.1. The molecule has 12 heteroatoms. The zero-order valence-electron chi connectivity index (χ0n) is 30.9. The highest BCUT2D eigenvalue weighted by atomic mass is 33.1. The van der Waals surface area contributed by atoms with Crippen LogP contribution in [0, 0.1) is 0 Å². The van der Waals surface area contributed by atoms with Crippen molar-refractivity contribution in [2.75, 3.05) is 46.2 Å². The molecule has 0 aliphatic heterocycles. The van der Waals surface area contributed by atoms with Crippen molar-refractivity contribution in [1.82, 2.24) is 20.9 Å². The zero-order valence-corrected chi connectivity index (χ0v) is 32.5. The van der Waals surface area contributed by atoms with Crippen LogP contribution in [0.1, 0.15) is 78.6 Å². The highest BCUT2D eigenvalue weighted by Gasteiger charge is 2.38. The molecule has 2 atom stereocenters. The van der Waals surface area contributed by atoms with Gasteiger partial charge in [0.25, 0.3) is 0 Å². The lowest BCUT2D eigenvalue weighted by Crippen LogP contribution is -2.59. The van der Waals surface area contributed by atoms with Crippen LogP contribution in [0.15, 0.2) is 72.9 Å². The summed E-state index contributed by atoms with van der Waals surface area (Å²) >= 11 is 0. The van der Waals surface area contributed by atoms with Crippen LogP contribution in [0.3, 0.4) is 0 Å². The van der Waals surface area contributed by atoms with E-state index in [-0.39, 0.29) is 12.3 Å². The number of amides is 3. The molecule has 0 aromatic carbocycles. The number of aliphatic hydroxyl groups excluding tert-OH is 3. The van der Waals surface area contributed by atoms with Crippen LogP contribution in [0.25, 0.3) is 0 Å². The monoisotopic (exact) mass is 736 g/mol. The summed E-state index contributed by atoms with van der Waals surface area (Å²) in [6, 6.07) is -1.87. The zero-order chi connectivity index (χ0) is 37.5. The van der Waals surface area contributed by atoms with Crippen LogP contribution in [0.4, 0.5) is 0 Å². The van der Waals surface area contributed by atoms with E-state index in [0.717, 1.165) is 38.5 Å². The Balaban J connectivity index is 4.41. The van der Waals surface area contributed by atoms with Crippen molar-refractivity contribution in [3.8, 4) is 0 Å². The first-order valence-corrected chi connectivity index (χ1v) is 19.9. The van der Waals surface area contributed by atoms with E-state index in [1.165, 1.54) is 21.6 Å². The maximum absolute atomic E-state index is 13.1. The quantitative estimate of drug-likeness (QED) is 0.0354. The van der Waals surface area contributed by atoms with E-state index in [4.69, 9.17) is 0 Å². The number of carbonyl (C=O) groups is 3. The lowest BCUT2D eigenvalue weighted by Gasteiger charge is -2.34. The number of hydrogen-bond acceptors (Lipinski definition) is 9. The molecule has 0 saturated carbocycles. The lowest BCUT2D eigenvalue weighted by molar-refractivity contribution is -0.131. The SMILES string of the molecule is CC/C=C\C/C=C\C/C=C\C/C=C\C/C=C\C/C=C\CCC(=O)NCCSSC(C)(C)[C@H](NC(=O)CC(O)CN(C)C)C(=O)NC(CO)CO. The van der Waals surface area contributed by atoms with E-state index in [2.05, 4.69) is 89.7 Å². The molecular weight excluding hydrogens is 673 g/mol. The number of likely N-dealkylation sites (N-methyl/N-ethyl adjacent to an activating group) is 1. The van der Waals surface area contributed by atoms with Gasteiger partial charge in [-0.1, -0.05) is 101 Å². The van der Waals surface area contributed by atoms with Crippen molar-refractivity contribution in [2.45, 2.75) is 101 Å². The summed E-state index contributed by atoms with van der Waals surface area (Å²) in [5.74, 6) is -0.482. The summed E-state index contributed by atoms with van der Waals surface area (Å²) in [7, 11) is 6.42. The summed E-state index contributed by atoms with van der Waals surface area (Å²) in [5.41, 5.74) is 0. The fourth-order valence-electron chi connectivity index (χ4n) is 4.32. The Labute approximate surface area is 309 Å². The molecule has 0 rings (SSSR count). The number of carbonyl (C=O) groups excluding carboxylic acids is 3. The molecule has 0 spiro atoms. The van der Waals surface area contributed by atoms with Gasteiger partial charge in [0, 0.05) is 30.0 Å². The molecule has 0 heterocycles. The largest absolute Gasteiger partial charge is 0.394 e. The van der Waals surface area contributed by atoms with Gasteiger partial charge in [0.1, 0.15) is 6.04 Å². The van der Waals surface area contributed by atoms with Gasteiger partial charge in [0.05, 0.1) is 31.8 Å². The Bertz CT molecular complexity index is 1100. The van der Waals surface area contributed by atoms with Crippen molar-refractivity contribution in [3.63, 3.8) is 0 Å². The van der Waals surface area contributed by atoms with E-state index < -0.39 is 48.0 Å². The Hall–Kier alpha value is -2.61. The van der Waals surface area contributed by atoms with Gasteiger partial charge >= 0.3 is 0 Å². The fraction of sp³-hybridized carbons (Fsp3) is 0.605. The molecule has 0 bridgehead atoms. The second-order valence-electron chi connectivity index (χ2n) is 12.5. The van der Waals surface area contributed by atoms with Crippen LogP contribution >= 0.6 is 21.6 Å². The van der Waals surface area contributed by atoms with Crippen molar-refractivity contribution in [3.05, 3.63) is 72.9 Å². The summed E-state index contributed by atoms with van der Waals surface area (Å²) in [5, 5.41) is 37.2. The van der Waals surface area contributed by atoms with Gasteiger partial charge in [-0.15, -0.1) is 0 Å². The molecule has 1 unspecified atom stereocenters. The molecule has 0 radical (unpaired) electrons. The third-order valence-corrected chi connectivity index (χ3v) is 10.3. The minimum absolute atomic E-state index is 0.0331. The van der Waals surface area contributed by atoms with Crippen molar-refractivity contribution in [2.24, 2.45) is 0 Å². The minimum Gasteiger partial charge on any atom is -0.394 e. The van der Waals surface area contributed by atoms with Gasteiger partial charge in [-0.2, -0.15) is 0 Å². The number of allylic oxidation sites excluding steroid dienone is 12. The molecule has 0 saturated heterocycles. The Morgan fingerprint density at radius 1 is 0.760 bits per heavy atom. The average molecular weight is 737 g/mol. The second-order valence-corrected chi connectivity index (χ2v) is 15.6. The van der Waals surface area contributed by atoms with E-state index in [1.54, 1.807) is 19.0 Å². The number of hydrogen-bond donors (Lipinski definition) is 6. The molecular formula is C38H64N4O6S2. The third-order valence-electron chi connectivity index (χ3n) is 6.96. The number of nitrogens with one attached hydrogen (secondary N) is 3. The van der Waals surface area contributed by atoms with Crippen LogP contribution < -0.4 is 16.0 Å². The highest BCUT2D eigenvalue weighted by molar-refractivity contribution is 8.77. The van der Waals surface area contributed by atoms with Gasteiger partial charge in [0.15, 0.2) is 0 Å². The van der Waals surface area contributed by atoms with E-state index in [9.17, 15) is 29.7 Å². The van der Waals surface area contributed by atoms with Crippen molar-refractivity contribution >= 4 is 39.3 Å². The molecule has 0 aromatic heterocycles. The molecule has 0 fully saturated rings. The van der Waals surface area contributed by atoms with Crippen molar-refractivity contribution < 1.29 is 29.7 Å². The normalized spacial score (nSPS) is 14.0. The Kier molecular flexibility index (Phi) is 29.5. The second kappa shape index (κ2) is 31.2. The van der Waals surface area contributed by atoms with Gasteiger partial charge in [-0.3, -0.25) is 14.4 Å². The average Bonchev–Trinajstić information content (AvgIpc) is 3.06. The summed E-state index contributed by atoms with van der Waals surface area (Å²) in [4.78, 5) is 39.8.